The molecule has 2 N–H and O–H groups in total. The summed E-state index contributed by atoms with van der Waals surface area (Å²) in [5, 5.41) is 17.1. The molecule has 0 aliphatic carbocycles. The van der Waals surface area contributed by atoms with Gasteiger partial charge in [-0.15, -0.1) is 0 Å². The molecular weight excluding hydrogens is 164 g/mol. The Labute approximate surface area is 70.8 Å². The van der Waals surface area contributed by atoms with Crippen molar-refractivity contribution in [3.63, 3.8) is 0 Å². The van der Waals surface area contributed by atoms with Gasteiger partial charge in [-0.25, -0.2) is 4.79 Å². The zero-order chi connectivity index (χ0) is 9.40. The molecule has 0 spiro atoms. The lowest BCUT2D eigenvalue weighted by Crippen LogP contribution is -2.20. The summed E-state index contributed by atoms with van der Waals surface area (Å²) in [6.07, 6.45) is -0.0283. The highest BCUT2D eigenvalue weighted by Crippen LogP contribution is 1.92. The maximum Gasteiger partial charge on any atom is 0.342 e. The number of hydrogen-bond acceptors (Lipinski definition) is 5. The van der Waals surface area contributed by atoms with Crippen molar-refractivity contribution in [2.24, 2.45) is 0 Å². The molecule has 0 amide bonds. The lowest BCUT2D eigenvalue weighted by Gasteiger charge is -2.06. The molecule has 5 heteroatoms. The van der Waals surface area contributed by atoms with E-state index in [4.69, 9.17) is 10.2 Å². The molecule has 0 aromatic rings. The molecule has 5 nitrogen and oxygen atoms in total. The van der Waals surface area contributed by atoms with E-state index in [0.717, 1.165) is 0 Å². The summed E-state index contributed by atoms with van der Waals surface area (Å²) in [4.78, 5) is 19.2. The molecule has 0 bridgehead atoms. The minimum Gasteiger partial charge on any atom is -0.394 e. The first-order valence-electron chi connectivity index (χ1n) is 3.82. The molecule has 0 aliphatic heterocycles. The van der Waals surface area contributed by atoms with E-state index in [9.17, 15) is 4.79 Å². The van der Waals surface area contributed by atoms with Gasteiger partial charge in [-0.2, -0.15) is 4.89 Å². The number of carbonyl (C=O) groups excluding carboxylic acids is 1. The molecule has 0 heterocycles. The standard InChI is InChI=1S/C7H14O5/c1-2-3-7(10)12-11-5-6(9)4-8/h6,8-9H,2-5H2,1H3. The average Bonchev–Trinajstić information content (AvgIpc) is 2.04. The van der Waals surface area contributed by atoms with Crippen LogP contribution in [0.4, 0.5) is 0 Å². The van der Waals surface area contributed by atoms with E-state index in [-0.39, 0.29) is 13.0 Å². The van der Waals surface area contributed by atoms with Gasteiger partial charge in [-0.05, 0) is 6.42 Å². The second kappa shape index (κ2) is 7.02. The fourth-order valence-corrected chi connectivity index (χ4v) is 0.477. The Kier molecular flexibility index (Phi) is 6.64. The van der Waals surface area contributed by atoms with Gasteiger partial charge in [-0.3, -0.25) is 4.89 Å². The summed E-state index contributed by atoms with van der Waals surface area (Å²) in [6, 6.07) is 0. The second-order valence-corrected chi connectivity index (χ2v) is 2.33. The Morgan fingerprint density at radius 1 is 1.58 bits per heavy atom. The van der Waals surface area contributed by atoms with Crippen molar-refractivity contribution in [3.05, 3.63) is 0 Å². The molecular formula is C7H14O5. The van der Waals surface area contributed by atoms with Crippen LogP contribution in [-0.4, -0.2) is 35.5 Å². The van der Waals surface area contributed by atoms with E-state index < -0.39 is 18.7 Å². The zero-order valence-electron chi connectivity index (χ0n) is 7.02. The molecule has 0 fully saturated rings. The predicted molar refractivity (Wildman–Crippen MR) is 40.0 cm³/mol. The first kappa shape index (κ1) is 11.4. The van der Waals surface area contributed by atoms with Crippen molar-refractivity contribution in [1.82, 2.24) is 0 Å². The third-order valence-corrected chi connectivity index (χ3v) is 1.08. The van der Waals surface area contributed by atoms with Gasteiger partial charge in [0.15, 0.2) is 0 Å². The Bertz CT molecular complexity index is 125. The van der Waals surface area contributed by atoms with Crippen LogP contribution in [0.1, 0.15) is 19.8 Å². The largest absolute Gasteiger partial charge is 0.394 e. The average molecular weight is 178 g/mol. The van der Waals surface area contributed by atoms with E-state index in [2.05, 4.69) is 9.78 Å². The van der Waals surface area contributed by atoms with Crippen LogP contribution < -0.4 is 0 Å². The van der Waals surface area contributed by atoms with Crippen molar-refractivity contribution in [2.75, 3.05) is 13.2 Å². The number of hydrogen-bond donors (Lipinski definition) is 2. The number of aliphatic hydroxyl groups excluding tert-OH is 2. The lowest BCUT2D eigenvalue weighted by atomic mass is 10.3. The normalized spacial score (nSPS) is 12.6. The fraction of sp³-hybridized carbons (Fsp3) is 0.857. The molecule has 72 valence electrons. The van der Waals surface area contributed by atoms with Crippen molar-refractivity contribution >= 4 is 5.97 Å². The van der Waals surface area contributed by atoms with E-state index in [0.29, 0.717) is 6.42 Å². The summed E-state index contributed by atoms with van der Waals surface area (Å²) in [6.45, 7) is 1.22. The molecule has 1 unspecified atom stereocenters. The Morgan fingerprint density at radius 2 is 2.25 bits per heavy atom. The van der Waals surface area contributed by atoms with Gasteiger partial charge in [0.05, 0.1) is 6.61 Å². The fourth-order valence-electron chi connectivity index (χ4n) is 0.477. The first-order valence-corrected chi connectivity index (χ1v) is 3.82. The Morgan fingerprint density at radius 3 is 2.75 bits per heavy atom. The minimum atomic E-state index is -1.00. The lowest BCUT2D eigenvalue weighted by molar-refractivity contribution is -0.282. The van der Waals surface area contributed by atoms with Crippen LogP contribution in [0.2, 0.25) is 0 Å². The summed E-state index contributed by atoms with van der Waals surface area (Å²) in [5.74, 6) is -0.470. The Balaban J connectivity index is 3.24. The summed E-state index contributed by atoms with van der Waals surface area (Å²) in [7, 11) is 0. The van der Waals surface area contributed by atoms with Crippen molar-refractivity contribution in [1.29, 1.82) is 0 Å². The van der Waals surface area contributed by atoms with Gasteiger partial charge in [0.2, 0.25) is 0 Å². The minimum absolute atomic E-state index is 0.202. The van der Waals surface area contributed by atoms with Gasteiger partial charge in [0.1, 0.15) is 12.7 Å². The molecule has 12 heavy (non-hydrogen) atoms. The third-order valence-electron chi connectivity index (χ3n) is 1.08. The van der Waals surface area contributed by atoms with Crippen LogP contribution in [0.3, 0.4) is 0 Å². The van der Waals surface area contributed by atoms with Crippen molar-refractivity contribution < 1.29 is 24.8 Å². The first-order chi connectivity index (χ1) is 5.70. The summed E-state index contributed by atoms with van der Waals surface area (Å²) >= 11 is 0. The van der Waals surface area contributed by atoms with Crippen LogP contribution in [0, 0.1) is 0 Å². The molecule has 0 rings (SSSR count). The zero-order valence-corrected chi connectivity index (χ0v) is 7.02. The van der Waals surface area contributed by atoms with Crippen LogP contribution in [-0.2, 0) is 14.6 Å². The monoisotopic (exact) mass is 178 g/mol. The van der Waals surface area contributed by atoms with Gasteiger partial charge < -0.3 is 10.2 Å². The van der Waals surface area contributed by atoms with Crippen molar-refractivity contribution in [2.45, 2.75) is 25.9 Å². The van der Waals surface area contributed by atoms with Crippen LogP contribution in [0.5, 0.6) is 0 Å². The highest BCUT2D eigenvalue weighted by atomic mass is 17.2. The van der Waals surface area contributed by atoms with E-state index >= 15 is 0 Å². The molecule has 0 aromatic carbocycles. The second-order valence-electron chi connectivity index (χ2n) is 2.33. The van der Waals surface area contributed by atoms with Gasteiger partial charge >= 0.3 is 5.97 Å². The molecule has 1 atom stereocenters. The van der Waals surface area contributed by atoms with Crippen molar-refractivity contribution in [3.8, 4) is 0 Å². The van der Waals surface area contributed by atoms with Crippen LogP contribution in [0.25, 0.3) is 0 Å². The Hall–Kier alpha value is -0.650. The smallest absolute Gasteiger partial charge is 0.342 e. The van der Waals surface area contributed by atoms with Gasteiger partial charge in [0, 0.05) is 6.42 Å². The SMILES string of the molecule is CCCC(=O)OOCC(O)CO. The quantitative estimate of drug-likeness (QED) is 0.428. The molecule has 0 aliphatic rings. The van der Waals surface area contributed by atoms with Gasteiger partial charge in [-0.1, -0.05) is 6.92 Å². The third kappa shape index (κ3) is 6.09. The number of carbonyl (C=O) groups is 1. The maximum absolute atomic E-state index is 10.6. The maximum atomic E-state index is 10.6. The number of aliphatic hydroxyl groups is 2. The molecule has 0 aromatic heterocycles. The van der Waals surface area contributed by atoms with Crippen LogP contribution in [0.15, 0.2) is 0 Å². The topological polar surface area (TPSA) is 76.0 Å². The molecule has 0 radical (unpaired) electrons. The van der Waals surface area contributed by atoms with Crippen LogP contribution >= 0.6 is 0 Å². The summed E-state index contributed by atoms with van der Waals surface area (Å²) < 4.78 is 0. The van der Waals surface area contributed by atoms with E-state index in [1.165, 1.54) is 0 Å². The van der Waals surface area contributed by atoms with E-state index in [1.807, 2.05) is 6.92 Å². The highest BCUT2D eigenvalue weighted by Gasteiger charge is 2.05. The van der Waals surface area contributed by atoms with E-state index in [1.54, 1.807) is 0 Å². The molecule has 0 saturated heterocycles. The number of rotatable bonds is 6. The highest BCUT2D eigenvalue weighted by molar-refractivity contribution is 5.68. The summed E-state index contributed by atoms with van der Waals surface area (Å²) in [5.41, 5.74) is 0. The van der Waals surface area contributed by atoms with Gasteiger partial charge in [0.25, 0.3) is 0 Å². The molecule has 0 saturated carbocycles. The predicted octanol–water partition coefficient (Wildman–Crippen LogP) is -0.385.